The SMILES string of the molecule is O=C(c1ccccc1)N1CCOc2cc(Br)ccc21. The number of fused-ring (bicyclic) bond motifs is 1. The van der Waals surface area contributed by atoms with Gasteiger partial charge in [0.25, 0.3) is 5.91 Å². The first kappa shape index (κ1) is 12.2. The van der Waals surface area contributed by atoms with Gasteiger partial charge in [-0.2, -0.15) is 0 Å². The lowest BCUT2D eigenvalue weighted by Gasteiger charge is -2.29. The molecule has 2 aromatic carbocycles. The normalized spacial score (nSPS) is 13.6. The highest BCUT2D eigenvalue weighted by Crippen LogP contribution is 2.34. The zero-order chi connectivity index (χ0) is 13.2. The second-order valence-corrected chi connectivity index (χ2v) is 5.20. The summed E-state index contributed by atoms with van der Waals surface area (Å²) in [6.07, 6.45) is 0. The molecule has 0 atom stereocenters. The quantitative estimate of drug-likeness (QED) is 0.805. The Morgan fingerprint density at radius 2 is 1.95 bits per heavy atom. The smallest absolute Gasteiger partial charge is 0.258 e. The van der Waals surface area contributed by atoms with Gasteiger partial charge in [-0.05, 0) is 30.3 Å². The average Bonchev–Trinajstić information content (AvgIpc) is 2.46. The van der Waals surface area contributed by atoms with Gasteiger partial charge < -0.3 is 9.64 Å². The molecule has 0 saturated heterocycles. The highest BCUT2D eigenvalue weighted by molar-refractivity contribution is 9.10. The molecule has 19 heavy (non-hydrogen) atoms. The van der Waals surface area contributed by atoms with Crippen molar-refractivity contribution in [3.63, 3.8) is 0 Å². The molecule has 1 aliphatic heterocycles. The van der Waals surface area contributed by atoms with Gasteiger partial charge in [0.1, 0.15) is 12.4 Å². The third kappa shape index (κ3) is 2.36. The maximum Gasteiger partial charge on any atom is 0.258 e. The minimum atomic E-state index is 0.00692. The molecule has 4 heteroatoms. The van der Waals surface area contributed by atoms with E-state index in [1.165, 1.54) is 0 Å². The molecule has 3 rings (SSSR count). The van der Waals surface area contributed by atoms with E-state index in [4.69, 9.17) is 4.74 Å². The van der Waals surface area contributed by atoms with Crippen LogP contribution in [0.2, 0.25) is 0 Å². The summed E-state index contributed by atoms with van der Waals surface area (Å²) in [6.45, 7) is 1.09. The van der Waals surface area contributed by atoms with Gasteiger partial charge in [0.15, 0.2) is 0 Å². The predicted molar refractivity (Wildman–Crippen MR) is 77.8 cm³/mol. The van der Waals surface area contributed by atoms with Crippen LogP contribution >= 0.6 is 15.9 Å². The number of rotatable bonds is 1. The zero-order valence-corrected chi connectivity index (χ0v) is 11.8. The van der Waals surface area contributed by atoms with E-state index in [0.717, 1.165) is 15.9 Å². The lowest BCUT2D eigenvalue weighted by atomic mass is 10.1. The molecule has 1 heterocycles. The van der Waals surface area contributed by atoms with Crippen LogP contribution in [0.25, 0.3) is 0 Å². The van der Waals surface area contributed by atoms with Crippen molar-refractivity contribution in [2.24, 2.45) is 0 Å². The van der Waals surface area contributed by atoms with Crippen molar-refractivity contribution in [2.75, 3.05) is 18.1 Å². The molecule has 0 aromatic heterocycles. The Morgan fingerprint density at radius 1 is 1.16 bits per heavy atom. The zero-order valence-electron chi connectivity index (χ0n) is 10.2. The van der Waals surface area contributed by atoms with E-state index in [0.29, 0.717) is 18.7 Å². The van der Waals surface area contributed by atoms with Crippen LogP contribution in [0.5, 0.6) is 5.75 Å². The lowest BCUT2D eigenvalue weighted by molar-refractivity contribution is 0.0976. The summed E-state index contributed by atoms with van der Waals surface area (Å²) in [5.74, 6) is 0.748. The molecule has 96 valence electrons. The Kier molecular flexibility index (Phi) is 3.25. The van der Waals surface area contributed by atoms with Crippen molar-refractivity contribution in [3.05, 3.63) is 58.6 Å². The summed E-state index contributed by atoms with van der Waals surface area (Å²) < 4.78 is 6.54. The fourth-order valence-corrected chi connectivity index (χ4v) is 2.48. The minimum Gasteiger partial charge on any atom is -0.489 e. The van der Waals surface area contributed by atoms with Gasteiger partial charge in [0, 0.05) is 10.0 Å². The van der Waals surface area contributed by atoms with Gasteiger partial charge in [-0.25, -0.2) is 0 Å². The summed E-state index contributed by atoms with van der Waals surface area (Å²) >= 11 is 3.41. The Morgan fingerprint density at radius 3 is 2.74 bits per heavy atom. The summed E-state index contributed by atoms with van der Waals surface area (Å²) in [6, 6.07) is 15.0. The van der Waals surface area contributed by atoms with Gasteiger partial charge in [0.2, 0.25) is 0 Å². The number of halogens is 1. The third-order valence-electron chi connectivity index (χ3n) is 3.05. The summed E-state index contributed by atoms with van der Waals surface area (Å²) in [5, 5.41) is 0. The van der Waals surface area contributed by atoms with Crippen molar-refractivity contribution in [3.8, 4) is 5.75 Å². The van der Waals surface area contributed by atoms with Crippen LogP contribution in [0.4, 0.5) is 5.69 Å². The van der Waals surface area contributed by atoms with Crippen molar-refractivity contribution in [2.45, 2.75) is 0 Å². The molecule has 0 fully saturated rings. The summed E-state index contributed by atoms with van der Waals surface area (Å²) in [7, 11) is 0. The number of amides is 1. The van der Waals surface area contributed by atoms with Gasteiger partial charge in [0.05, 0.1) is 12.2 Å². The van der Waals surface area contributed by atoms with Crippen LogP contribution in [0.1, 0.15) is 10.4 Å². The monoisotopic (exact) mass is 317 g/mol. The number of carbonyl (C=O) groups excluding carboxylic acids is 1. The molecule has 0 unspecified atom stereocenters. The number of ether oxygens (including phenoxy) is 1. The standard InChI is InChI=1S/C15H12BrNO2/c16-12-6-7-13-14(10-12)19-9-8-17(13)15(18)11-4-2-1-3-5-11/h1-7,10H,8-9H2. The highest BCUT2D eigenvalue weighted by atomic mass is 79.9. The van der Waals surface area contributed by atoms with E-state index in [1.807, 2.05) is 48.5 Å². The van der Waals surface area contributed by atoms with E-state index < -0.39 is 0 Å². The Balaban J connectivity index is 1.98. The predicted octanol–water partition coefficient (Wildman–Crippen LogP) is 3.49. The second-order valence-electron chi connectivity index (χ2n) is 4.28. The molecular formula is C15H12BrNO2. The van der Waals surface area contributed by atoms with Gasteiger partial charge in [-0.3, -0.25) is 4.79 Å². The van der Waals surface area contributed by atoms with E-state index >= 15 is 0 Å². The van der Waals surface area contributed by atoms with E-state index in [-0.39, 0.29) is 5.91 Å². The first-order valence-electron chi connectivity index (χ1n) is 6.05. The fraction of sp³-hybridized carbons (Fsp3) is 0.133. The number of benzene rings is 2. The molecule has 0 bridgehead atoms. The fourth-order valence-electron chi connectivity index (χ4n) is 2.14. The molecule has 0 radical (unpaired) electrons. The highest BCUT2D eigenvalue weighted by Gasteiger charge is 2.24. The van der Waals surface area contributed by atoms with Crippen LogP contribution in [0.15, 0.2) is 53.0 Å². The van der Waals surface area contributed by atoms with Crippen LogP contribution in [0, 0.1) is 0 Å². The maximum atomic E-state index is 12.5. The van der Waals surface area contributed by atoms with E-state index in [9.17, 15) is 4.79 Å². The average molecular weight is 318 g/mol. The number of hydrogen-bond donors (Lipinski definition) is 0. The van der Waals surface area contributed by atoms with Gasteiger partial charge in [-0.1, -0.05) is 34.1 Å². The first-order chi connectivity index (χ1) is 9.25. The maximum absolute atomic E-state index is 12.5. The third-order valence-corrected chi connectivity index (χ3v) is 3.54. The lowest BCUT2D eigenvalue weighted by Crippen LogP contribution is -2.37. The van der Waals surface area contributed by atoms with E-state index in [1.54, 1.807) is 4.90 Å². The molecule has 1 aliphatic rings. The van der Waals surface area contributed by atoms with Crippen LogP contribution in [-0.2, 0) is 0 Å². The summed E-state index contributed by atoms with van der Waals surface area (Å²) in [4.78, 5) is 14.3. The van der Waals surface area contributed by atoms with Crippen LogP contribution < -0.4 is 9.64 Å². The molecule has 0 spiro atoms. The molecule has 3 nitrogen and oxygen atoms in total. The van der Waals surface area contributed by atoms with E-state index in [2.05, 4.69) is 15.9 Å². The van der Waals surface area contributed by atoms with Gasteiger partial charge >= 0.3 is 0 Å². The Bertz CT molecular complexity index is 613. The minimum absolute atomic E-state index is 0.00692. The molecular weight excluding hydrogens is 306 g/mol. The van der Waals surface area contributed by atoms with Crippen molar-refractivity contribution >= 4 is 27.5 Å². The van der Waals surface area contributed by atoms with Crippen LogP contribution in [0.3, 0.4) is 0 Å². The van der Waals surface area contributed by atoms with Crippen molar-refractivity contribution < 1.29 is 9.53 Å². The topological polar surface area (TPSA) is 29.5 Å². The van der Waals surface area contributed by atoms with Crippen LogP contribution in [-0.4, -0.2) is 19.1 Å². The molecule has 0 N–H and O–H groups in total. The Labute approximate surface area is 119 Å². The Hall–Kier alpha value is -1.81. The molecule has 1 amide bonds. The van der Waals surface area contributed by atoms with Crippen molar-refractivity contribution in [1.82, 2.24) is 0 Å². The molecule has 0 aliphatic carbocycles. The number of hydrogen-bond acceptors (Lipinski definition) is 2. The summed E-state index contributed by atoms with van der Waals surface area (Å²) in [5.41, 5.74) is 1.52. The number of carbonyl (C=O) groups is 1. The van der Waals surface area contributed by atoms with Gasteiger partial charge in [-0.15, -0.1) is 0 Å². The molecule has 0 saturated carbocycles. The number of anilines is 1. The number of nitrogens with zero attached hydrogens (tertiary/aromatic N) is 1. The molecule has 2 aromatic rings. The first-order valence-corrected chi connectivity index (χ1v) is 6.84. The second kappa shape index (κ2) is 5.05. The van der Waals surface area contributed by atoms with Crippen molar-refractivity contribution in [1.29, 1.82) is 0 Å². The largest absolute Gasteiger partial charge is 0.489 e.